The molecular formula is C16H10N2O4. The van der Waals surface area contributed by atoms with Crippen LogP contribution in [-0.4, -0.2) is 21.7 Å². The van der Waals surface area contributed by atoms with Crippen molar-refractivity contribution >= 4 is 28.8 Å². The molecule has 6 nitrogen and oxygen atoms in total. The number of carbonyl (C=O) groups is 2. The highest BCUT2D eigenvalue weighted by Gasteiger charge is 2.15. The smallest absolute Gasteiger partial charge is 0.269 e. The summed E-state index contributed by atoms with van der Waals surface area (Å²) >= 11 is 0. The summed E-state index contributed by atoms with van der Waals surface area (Å²) in [5, 5.41) is 11.3. The third-order valence-electron chi connectivity index (χ3n) is 3.41. The van der Waals surface area contributed by atoms with E-state index in [1.54, 1.807) is 24.3 Å². The number of aromatic nitrogens is 1. The van der Waals surface area contributed by atoms with Crippen molar-refractivity contribution in [2.75, 3.05) is 0 Å². The van der Waals surface area contributed by atoms with Crippen LogP contribution in [0.3, 0.4) is 0 Å². The Morgan fingerprint density at radius 2 is 1.77 bits per heavy atom. The second-order valence-corrected chi connectivity index (χ2v) is 4.70. The summed E-state index contributed by atoms with van der Waals surface area (Å²) in [4.78, 5) is 33.8. The minimum absolute atomic E-state index is 0.0810. The lowest BCUT2D eigenvalue weighted by Crippen LogP contribution is -2.10. The molecule has 22 heavy (non-hydrogen) atoms. The van der Waals surface area contributed by atoms with E-state index in [0.29, 0.717) is 28.3 Å². The Labute approximate surface area is 124 Å². The molecule has 6 heteroatoms. The molecule has 2 aromatic carbocycles. The minimum atomic E-state index is -0.524. The fraction of sp³-hybridized carbons (Fsp3) is 0. The van der Waals surface area contributed by atoms with Gasteiger partial charge in [-0.1, -0.05) is 18.2 Å². The quantitative estimate of drug-likeness (QED) is 0.422. The van der Waals surface area contributed by atoms with E-state index >= 15 is 0 Å². The number of fused-ring (bicyclic) bond motifs is 1. The summed E-state index contributed by atoms with van der Waals surface area (Å²) in [7, 11) is 0. The number of non-ortho nitro benzene ring substituents is 1. The highest BCUT2D eigenvalue weighted by molar-refractivity contribution is 6.06. The van der Waals surface area contributed by atoms with Gasteiger partial charge in [-0.3, -0.25) is 24.3 Å². The highest BCUT2D eigenvalue weighted by atomic mass is 16.6. The Hall–Kier alpha value is -3.28. The first-order valence-corrected chi connectivity index (χ1v) is 6.46. The van der Waals surface area contributed by atoms with Crippen LogP contribution in [0.15, 0.2) is 54.7 Å². The van der Waals surface area contributed by atoms with Crippen molar-refractivity contribution < 1.29 is 14.5 Å². The van der Waals surface area contributed by atoms with E-state index in [1.807, 2.05) is 0 Å². The predicted octanol–water partition coefficient (Wildman–Crippen LogP) is 3.05. The summed E-state index contributed by atoms with van der Waals surface area (Å²) in [6, 6.07) is 12.4. The van der Waals surface area contributed by atoms with Gasteiger partial charge in [-0.15, -0.1) is 0 Å². The Morgan fingerprint density at radius 3 is 2.41 bits per heavy atom. The molecule has 0 aliphatic carbocycles. The van der Waals surface area contributed by atoms with E-state index < -0.39 is 4.92 Å². The van der Waals surface area contributed by atoms with Crippen LogP contribution in [0.5, 0.6) is 0 Å². The van der Waals surface area contributed by atoms with Crippen LogP contribution in [0.4, 0.5) is 5.69 Å². The Morgan fingerprint density at radius 1 is 1.09 bits per heavy atom. The molecule has 3 aromatic rings. The maximum atomic E-state index is 12.5. The van der Waals surface area contributed by atoms with E-state index in [0.717, 1.165) is 0 Å². The van der Waals surface area contributed by atoms with Crippen molar-refractivity contribution in [3.05, 3.63) is 76.0 Å². The van der Waals surface area contributed by atoms with Gasteiger partial charge in [0, 0.05) is 34.8 Å². The molecule has 0 bridgehead atoms. The van der Waals surface area contributed by atoms with Gasteiger partial charge in [0.2, 0.25) is 0 Å². The molecule has 0 spiro atoms. The first-order valence-electron chi connectivity index (χ1n) is 6.46. The molecule has 108 valence electrons. The molecule has 0 aliphatic heterocycles. The van der Waals surface area contributed by atoms with Gasteiger partial charge < -0.3 is 0 Å². The molecule has 0 atom stereocenters. The number of nitro groups is 1. The number of aldehydes is 1. The zero-order chi connectivity index (χ0) is 15.7. The fourth-order valence-electron chi connectivity index (χ4n) is 2.33. The number of rotatable bonds is 3. The van der Waals surface area contributed by atoms with Crippen molar-refractivity contribution in [3.8, 4) is 0 Å². The van der Waals surface area contributed by atoms with Crippen molar-refractivity contribution in [2.24, 2.45) is 0 Å². The fourth-order valence-corrected chi connectivity index (χ4v) is 2.33. The lowest BCUT2D eigenvalue weighted by atomic mass is 10.2. The molecule has 0 radical (unpaired) electrons. The van der Waals surface area contributed by atoms with Gasteiger partial charge in [-0.25, -0.2) is 0 Å². The maximum absolute atomic E-state index is 12.5. The molecular weight excluding hydrogens is 284 g/mol. The van der Waals surface area contributed by atoms with Gasteiger partial charge in [-0.2, -0.15) is 0 Å². The summed E-state index contributed by atoms with van der Waals surface area (Å²) < 4.78 is 1.38. The van der Waals surface area contributed by atoms with Gasteiger partial charge in [0.15, 0.2) is 6.29 Å². The Bertz CT molecular complexity index is 894. The molecule has 0 fully saturated rings. The SMILES string of the molecule is O=Cc1cn(C(=O)c2ccc([N+](=O)[O-])cc2)c2ccccc12. The second kappa shape index (κ2) is 5.25. The molecule has 3 rings (SSSR count). The number of nitro benzene ring substituents is 1. The first kappa shape index (κ1) is 13.7. The summed E-state index contributed by atoms with van der Waals surface area (Å²) in [5.41, 5.74) is 1.27. The lowest BCUT2D eigenvalue weighted by Gasteiger charge is -2.04. The van der Waals surface area contributed by atoms with Gasteiger partial charge in [0.05, 0.1) is 10.4 Å². The number of para-hydroxylation sites is 1. The first-order chi connectivity index (χ1) is 10.6. The second-order valence-electron chi connectivity index (χ2n) is 4.70. The number of nitrogens with zero attached hydrogens (tertiary/aromatic N) is 2. The average Bonchev–Trinajstić information content (AvgIpc) is 2.93. The van der Waals surface area contributed by atoms with Crippen LogP contribution < -0.4 is 0 Å². The van der Waals surface area contributed by atoms with Crippen LogP contribution in [-0.2, 0) is 0 Å². The monoisotopic (exact) mass is 294 g/mol. The van der Waals surface area contributed by atoms with Crippen molar-refractivity contribution in [1.29, 1.82) is 0 Å². The highest BCUT2D eigenvalue weighted by Crippen LogP contribution is 2.22. The standard InChI is InChI=1S/C16H10N2O4/c19-10-12-9-17(15-4-2-1-3-14(12)15)16(20)11-5-7-13(8-6-11)18(21)22/h1-10H. The maximum Gasteiger partial charge on any atom is 0.269 e. The number of hydrogen-bond acceptors (Lipinski definition) is 4. The minimum Gasteiger partial charge on any atom is -0.298 e. The molecule has 1 heterocycles. The van der Waals surface area contributed by atoms with Gasteiger partial charge in [0.1, 0.15) is 0 Å². The molecule has 0 unspecified atom stereocenters. The summed E-state index contributed by atoms with van der Waals surface area (Å²) in [6.07, 6.45) is 2.17. The largest absolute Gasteiger partial charge is 0.298 e. The van der Waals surface area contributed by atoms with Gasteiger partial charge in [-0.05, 0) is 18.2 Å². The van der Waals surface area contributed by atoms with Gasteiger partial charge in [0.25, 0.3) is 11.6 Å². The number of hydrogen-bond donors (Lipinski definition) is 0. The molecule has 0 aliphatic rings. The van der Waals surface area contributed by atoms with Crippen LogP contribution in [0.1, 0.15) is 20.7 Å². The Kier molecular flexibility index (Phi) is 3.27. The van der Waals surface area contributed by atoms with E-state index in [-0.39, 0.29) is 11.6 Å². The Balaban J connectivity index is 2.09. The molecule has 0 saturated heterocycles. The van der Waals surface area contributed by atoms with Crippen LogP contribution in [0.2, 0.25) is 0 Å². The average molecular weight is 294 g/mol. The molecule has 1 aromatic heterocycles. The molecule has 0 amide bonds. The normalized spacial score (nSPS) is 10.5. The van der Waals surface area contributed by atoms with Crippen molar-refractivity contribution in [2.45, 2.75) is 0 Å². The zero-order valence-corrected chi connectivity index (χ0v) is 11.3. The van der Waals surface area contributed by atoms with Gasteiger partial charge >= 0.3 is 0 Å². The molecule has 0 saturated carbocycles. The van der Waals surface area contributed by atoms with Crippen molar-refractivity contribution in [3.63, 3.8) is 0 Å². The van der Waals surface area contributed by atoms with E-state index in [4.69, 9.17) is 0 Å². The zero-order valence-electron chi connectivity index (χ0n) is 11.3. The third-order valence-corrected chi connectivity index (χ3v) is 3.41. The predicted molar refractivity (Wildman–Crippen MR) is 80.2 cm³/mol. The van der Waals surface area contributed by atoms with E-state index in [1.165, 1.54) is 35.0 Å². The van der Waals surface area contributed by atoms with Crippen LogP contribution in [0.25, 0.3) is 10.9 Å². The van der Waals surface area contributed by atoms with E-state index in [9.17, 15) is 19.7 Å². The summed E-state index contributed by atoms with van der Waals surface area (Å²) in [5.74, 6) is -0.348. The topological polar surface area (TPSA) is 82.2 Å². The van der Waals surface area contributed by atoms with E-state index in [2.05, 4.69) is 0 Å². The molecule has 0 N–H and O–H groups in total. The lowest BCUT2D eigenvalue weighted by molar-refractivity contribution is -0.384. The summed E-state index contributed by atoms with van der Waals surface area (Å²) in [6.45, 7) is 0. The number of benzene rings is 2. The van der Waals surface area contributed by atoms with Crippen LogP contribution >= 0.6 is 0 Å². The van der Waals surface area contributed by atoms with Crippen LogP contribution in [0, 0.1) is 10.1 Å². The third kappa shape index (κ3) is 2.16. The number of carbonyl (C=O) groups excluding carboxylic acids is 2. The van der Waals surface area contributed by atoms with Crippen molar-refractivity contribution in [1.82, 2.24) is 4.57 Å².